The highest BCUT2D eigenvalue weighted by molar-refractivity contribution is 5.99. The Morgan fingerprint density at radius 1 is 1.16 bits per heavy atom. The number of nitrogens with one attached hydrogen (secondary N) is 2. The molecule has 0 aliphatic heterocycles. The van der Waals surface area contributed by atoms with E-state index in [1.54, 1.807) is 41.3 Å². The van der Waals surface area contributed by atoms with Gasteiger partial charge in [-0.15, -0.1) is 0 Å². The summed E-state index contributed by atoms with van der Waals surface area (Å²) in [5.74, 6) is 1.07. The summed E-state index contributed by atoms with van der Waals surface area (Å²) in [6.45, 7) is 3.21. The number of amides is 1. The molecule has 0 unspecified atom stereocenters. The Morgan fingerprint density at radius 2 is 1.81 bits per heavy atom. The Labute approximate surface area is 186 Å². The number of methoxy groups -OCH3 is 3. The van der Waals surface area contributed by atoms with Gasteiger partial charge in [-0.3, -0.25) is 9.89 Å². The number of benzene rings is 2. The molecule has 0 aliphatic rings. The number of aromatic amines is 1. The molecule has 0 atom stereocenters. The van der Waals surface area contributed by atoms with Crippen molar-refractivity contribution in [3.63, 3.8) is 0 Å². The topological polar surface area (TPSA) is 132 Å². The van der Waals surface area contributed by atoms with Crippen molar-refractivity contribution in [2.24, 2.45) is 5.73 Å². The molecule has 0 saturated heterocycles. The zero-order valence-electron chi connectivity index (χ0n) is 18.8. The first-order chi connectivity index (χ1) is 15.2. The van der Waals surface area contributed by atoms with E-state index in [1.807, 2.05) is 30.3 Å². The number of fused-ring (bicyclic) bond motifs is 1. The molecule has 1 heterocycles. The van der Waals surface area contributed by atoms with E-state index in [1.165, 1.54) is 0 Å². The molecular formula is C23H28N4O5. The molecule has 1 aromatic heterocycles. The van der Waals surface area contributed by atoms with Gasteiger partial charge in [0.25, 0.3) is 5.91 Å². The Morgan fingerprint density at radius 3 is 2.38 bits per heavy atom. The van der Waals surface area contributed by atoms with Crippen molar-refractivity contribution in [1.29, 1.82) is 0 Å². The van der Waals surface area contributed by atoms with Gasteiger partial charge in [0.2, 0.25) is 5.75 Å². The molecule has 170 valence electrons. The number of aliphatic hydroxyl groups is 1. The lowest BCUT2D eigenvalue weighted by atomic mass is 10.0. The SMILES string of the molecule is COc1cc(-c2n[nH]c3ccc(/C=C(\N)C(=O)NC(C)(C)CO)cc23)cc(OC)c1OC. The first kappa shape index (κ1) is 23.0. The van der Waals surface area contributed by atoms with Crippen LogP contribution in [0.4, 0.5) is 0 Å². The van der Waals surface area contributed by atoms with Gasteiger partial charge >= 0.3 is 0 Å². The number of rotatable bonds is 8. The maximum Gasteiger partial charge on any atom is 0.267 e. The van der Waals surface area contributed by atoms with Crippen LogP contribution in [0.15, 0.2) is 36.0 Å². The average Bonchev–Trinajstić information content (AvgIpc) is 3.20. The fourth-order valence-corrected chi connectivity index (χ4v) is 3.22. The standard InChI is InChI=1S/C23H28N4O5/c1-23(2,12-28)25-22(29)16(24)9-13-6-7-17-15(8-13)20(27-26-17)14-10-18(30-3)21(32-5)19(11-14)31-4/h6-11,28H,12,24H2,1-5H3,(H,25,29)(H,26,27)/b16-9-. The van der Waals surface area contributed by atoms with E-state index >= 15 is 0 Å². The molecule has 0 bridgehead atoms. The van der Waals surface area contributed by atoms with Crippen molar-refractivity contribution in [2.45, 2.75) is 19.4 Å². The third-order valence-corrected chi connectivity index (χ3v) is 4.96. The number of aromatic nitrogens is 2. The number of hydrogen-bond acceptors (Lipinski definition) is 7. The van der Waals surface area contributed by atoms with Crippen LogP contribution < -0.4 is 25.3 Å². The number of carbonyl (C=O) groups is 1. The number of H-pyrrole nitrogens is 1. The van der Waals surface area contributed by atoms with Crippen LogP contribution in [0.2, 0.25) is 0 Å². The third-order valence-electron chi connectivity index (χ3n) is 4.96. The van der Waals surface area contributed by atoms with E-state index in [0.717, 1.165) is 22.0 Å². The second-order valence-corrected chi connectivity index (χ2v) is 7.89. The summed E-state index contributed by atoms with van der Waals surface area (Å²) < 4.78 is 16.3. The van der Waals surface area contributed by atoms with Gasteiger partial charge in [-0.2, -0.15) is 5.10 Å². The number of carbonyl (C=O) groups excluding carboxylic acids is 1. The minimum atomic E-state index is -0.774. The number of aliphatic hydroxyl groups excluding tert-OH is 1. The molecule has 3 aromatic rings. The van der Waals surface area contributed by atoms with Gasteiger partial charge in [-0.25, -0.2) is 0 Å². The van der Waals surface area contributed by atoms with Crippen molar-refractivity contribution >= 4 is 22.9 Å². The van der Waals surface area contributed by atoms with Crippen molar-refractivity contribution < 1.29 is 24.1 Å². The van der Waals surface area contributed by atoms with E-state index in [9.17, 15) is 9.90 Å². The Balaban J connectivity index is 2.03. The first-order valence-electron chi connectivity index (χ1n) is 9.92. The van der Waals surface area contributed by atoms with Crippen LogP contribution in [0.1, 0.15) is 19.4 Å². The third kappa shape index (κ3) is 4.62. The van der Waals surface area contributed by atoms with E-state index in [0.29, 0.717) is 22.9 Å². The quantitative estimate of drug-likeness (QED) is 0.396. The van der Waals surface area contributed by atoms with Crippen LogP contribution in [0, 0.1) is 0 Å². The summed E-state index contributed by atoms with van der Waals surface area (Å²) in [4.78, 5) is 12.4. The molecule has 0 aliphatic carbocycles. The van der Waals surface area contributed by atoms with Gasteiger partial charge in [0.15, 0.2) is 11.5 Å². The average molecular weight is 441 g/mol. The maximum absolute atomic E-state index is 12.4. The van der Waals surface area contributed by atoms with Crippen molar-refractivity contribution in [2.75, 3.05) is 27.9 Å². The summed E-state index contributed by atoms with van der Waals surface area (Å²) >= 11 is 0. The molecule has 9 nitrogen and oxygen atoms in total. The Hall–Kier alpha value is -3.72. The minimum Gasteiger partial charge on any atom is -0.493 e. The second kappa shape index (κ2) is 9.19. The highest BCUT2D eigenvalue weighted by atomic mass is 16.5. The van der Waals surface area contributed by atoms with E-state index in [2.05, 4.69) is 15.5 Å². The van der Waals surface area contributed by atoms with Gasteiger partial charge in [-0.1, -0.05) is 6.07 Å². The van der Waals surface area contributed by atoms with Gasteiger partial charge in [-0.05, 0) is 49.8 Å². The van der Waals surface area contributed by atoms with Crippen LogP contribution in [0.5, 0.6) is 17.2 Å². The Kier molecular flexibility index (Phi) is 6.59. The van der Waals surface area contributed by atoms with Gasteiger partial charge in [0.05, 0.1) is 44.7 Å². The summed E-state index contributed by atoms with van der Waals surface area (Å²) in [6, 6.07) is 9.21. The molecule has 0 radical (unpaired) electrons. The van der Waals surface area contributed by atoms with Crippen LogP contribution in [0.3, 0.4) is 0 Å². The fraction of sp³-hybridized carbons (Fsp3) is 0.304. The predicted molar refractivity (Wildman–Crippen MR) is 123 cm³/mol. The molecule has 1 amide bonds. The first-order valence-corrected chi connectivity index (χ1v) is 9.92. The largest absolute Gasteiger partial charge is 0.493 e. The smallest absolute Gasteiger partial charge is 0.267 e. The van der Waals surface area contributed by atoms with Crippen molar-refractivity contribution in [3.05, 3.63) is 41.6 Å². The van der Waals surface area contributed by atoms with E-state index in [-0.39, 0.29) is 12.3 Å². The van der Waals surface area contributed by atoms with Crippen molar-refractivity contribution in [1.82, 2.24) is 15.5 Å². The monoisotopic (exact) mass is 440 g/mol. The number of hydrogen-bond donors (Lipinski definition) is 4. The van der Waals surface area contributed by atoms with Gasteiger partial charge < -0.3 is 30.4 Å². The lowest BCUT2D eigenvalue weighted by Crippen LogP contribution is -2.47. The summed E-state index contributed by atoms with van der Waals surface area (Å²) in [5, 5.41) is 20.3. The molecule has 5 N–H and O–H groups in total. The number of ether oxygens (including phenoxy) is 3. The lowest BCUT2D eigenvalue weighted by Gasteiger charge is -2.23. The lowest BCUT2D eigenvalue weighted by molar-refractivity contribution is -0.119. The van der Waals surface area contributed by atoms with Crippen LogP contribution in [0.25, 0.3) is 28.2 Å². The zero-order valence-corrected chi connectivity index (χ0v) is 18.8. The normalized spacial score (nSPS) is 12.0. The molecule has 9 heteroatoms. The van der Waals surface area contributed by atoms with E-state index < -0.39 is 11.4 Å². The number of nitrogens with two attached hydrogens (primary N) is 1. The molecule has 0 fully saturated rings. The molecule has 32 heavy (non-hydrogen) atoms. The highest BCUT2D eigenvalue weighted by Crippen LogP contribution is 2.42. The molecule has 0 spiro atoms. The van der Waals surface area contributed by atoms with Crippen LogP contribution in [-0.4, -0.2) is 54.7 Å². The Bertz CT molecular complexity index is 1140. The summed E-state index contributed by atoms with van der Waals surface area (Å²) in [7, 11) is 4.65. The minimum absolute atomic E-state index is 0.0312. The molecular weight excluding hydrogens is 412 g/mol. The van der Waals surface area contributed by atoms with Crippen molar-refractivity contribution in [3.8, 4) is 28.5 Å². The fourth-order valence-electron chi connectivity index (χ4n) is 3.22. The summed E-state index contributed by atoms with van der Waals surface area (Å²) in [6.07, 6.45) is 1.58. The second-order valence-electron chi connectivity index (χ2n) is 7.89. The number of nitrogens with zero attached hydrogens (tertiary/aromatic N) is 1. The summed E-state index contributed by atoms with van der Waals surface area (Å²) in [5.41, 5.74) is 8.23. The van der Waals surface area contributed by atoms with Crippen LogP contribution in [-0.2, 0) is 4.79 Å². The molecule has 0 saturated carbocycles. The zero-order chi connectivity index (χ0) is 23.5. The highest BCUT2D eigenvalue weighted by Gasteiger charge is 2.21. The van der Waals surface area contributed by atoms with Gasteiger partial charge in [0, 0.05) is 10.9 Å². The molecule has 3 rings (SSSR count). The molecule has 2 aromatic carbocycles. The van der Waals surface area contributed by atoms with Gasteiger partial charge in [0.1, 0.15) is 5.69 Å². The predicted octanol–water partition coefficient (Wildman–Crippen LogP) is 2.44. The van der Waals surface area contributed by atoms with Crippen LogP contribution >= 0.6 is 0 Å². The van der Waals surface area contributed by atoms with E-state index in [4.69, 9.17) is 19.9 Å². The maximum atomic E-state index is 12.4.